The maximum absolute atomic E-state index is 12.5. The van der Waals surface area contributed by atoms with Gasteiger partial charge in [0.25, 0.3) is 0 Å². The summed E-state index contributed by atoms with van der Waals surface area (Å²) in [7, 11) is -11.0. The van der Waals surface area contributed by atoms with E-state index in [1.165, 1.54) is 31.8 Å². The molecule has 2 unspecified atom stereocenters. The standard InChI is InChI=1S/C26H46N6O17P2/c1-17(33)2-3-18(24(40)41)31-10-6-29(15-22(36)37)8-12-32(13-9-30(7-11-31)16-23(38)39)19(25(42)43)4-5-20(34)27-14-21(35)28-26(50(44,45)46)51(47,48)49/h18-19,26H,2-16H2,1H3,(H,27,34)(H,28,35)(H,36,37)(H,38,39)(H,40,41)(H,42,43)(H2,44,45,46)(H2,47,48,49). The summed E-state index contributed by atoms with van der Waals surface area (Å²) in [4.78, 5) is 126. The lowest BCUT2D eigenvalue weighted by Crippen LogP contribution is -2.53. The van der Waals surface area contributed by atoms with Crippen molar-refractivity contribution >= 4 is 56.7 Å². The predicted molar refractivity (Wildman–Crippen MR) is 172 cm³/mol. The van der Waals surface area contributed by atoms with Crippen LogP contribution in [0.3, 0.4) is 0 Å². The number of carbonyl (C=O) groups excluding carboxylic acids is 3. The van der Waals surface area contributed by atoms with Crippen LogP contribution in [0.1, 0.15) is 32.6 Å². The van der Waals surface area contributed by atoms with Crippen molar-refractivity contribution in [3.8, 4) is 0 Å². The summed E-state index contributed by atoms with van der Waals surface area (Å²) >= 11 is 0. The van der Waals surface area contributed by atoms with Gasteiger partial charge in [0.1, 0.15) is 17.9 Å². The maximum Gasteiger partial charge on any atom is 0.360 e. The molecule has 51 heavy (non-hydrogen) atoms. The monoisotopic (exact) mass is 776 g/mol. The number of carbonyl (C=O) groups is 7. The van der Waals surface area contributed by atoms with E-state index in [0.29, 0.717) is 0 Å². The molecule has 10 N–H and O–H groups in total. The van der Waals surface area contributed by atoms with Gasteiger partial charge in [-0.25, -0.2) is 0 Å². The highest BCUT2D eigenvalue weighted by atomic mass is 31.2. The van der Waals surface area contributed by atoms with Crippen LogP contribution in [0.4, 0.5) is 0 Å². The minimum absolute atomic E-state index is 0.00994. The Morgan fingerprint density at radius 2 is 0.980 bits per heavy atom. The molecule has 1 fully saturated rings. The van der Waals surface area contributed by atoms with Gasteiger partial charge in [-0.3, -0.25) is 57.5 Å². The largest absolute Gasteiger partial charge is 0.480 e. The van der Waals surface area contributed by atoms with E-state index in [2.05, 4.69) is 5.32 Å². The van der Waals surface area contributed by atoms with E-state index in [-0.39, 0.29) is 77.4 Å². The summed E-state index contributed by atoms with van der Waals surface area (Å²) < 4.78 is 22.7. The van der Waals surface area contributed by atoms with Crippen molar-refractivity contribution in [1.82, 2.24) is 30.2 Å². The highest BCUT2D eigenvalue weighted by Crippen LogP contribution is 2.58. The molecule has 1 aliphatic rings. The summed E-state index contributed by atoms with van der Waals surface area (Å²) in [5.74, 6) is -7.56. The SMILES string of the molecule is CC(=O)CCC(C(=O)O)N1CCN(CC(=O)O)CCN(C(CCC(=O)NCC(=O)NC(P(=O)(O)O)P(=O)(O)O)C(=O)O)CCN(CC(=O)O)CC1. The third-order valence-corrected chi connectivity index (χ3v) is 11.1. The van der Waals surface area contributed by atoms with Gasteiger partial charge in [-0.05, 0) is 19.8 Å². The van der Waals surface area contributed by atoms with Crippen LogP contribution >= 0.6 is 15.2 Å². The normalized spacial score (nSPS) is 17.8. The van der Waals surface area contributed by atoms with Gasteiger partial charge in [-0.15, -0.1) is 0 Å². The smallest absolute Gasteiger partial charge is 0.360 e. The number of rotatable bonds is 19. The number of carboxylic acid groups (broad SMARTS) is 4. The molecule has 2 atom stereocenters. The molecule has 2 amide bonds. The molecule has 292 valence electrons. The van der Waals surface area contributed by atoms with Gasteiger partial charge >= 0.3 is 39.1 Å². The van der Waals surface area contributed by atoms with E-state index >= 15 is 0 Å². The van der Waals surface area contributed by atoms with Crippen LogP contribution in [0.2, 0.25) is 0 Å². The molecule has 1 aliphatic heterocycles. The second-order valence-electron chi connectivity index (χ2n) is 11.8. The minimum atomic E-state index is -5.50. The number of aliphatic carboxylic acids is 4. The van der Waals surface area contributed by atoms with E-state index in [9.17, 15) is 63.1 Å². The van der Waals surface area contributed by atoms with Crippen LogP contribution in [0.5, 0.6) is 0 Å². The van der Waals surface area contributed by atoms with Gasteiger partial charge in [0.2, 0.25) is 17.3 Å². The predicted octanol–water partition coefficient (Wildman–Crippen LogP) is -3.70. The van der Waals surface area contributed by atoms with Crippen molar-refractivity contribution in [2.45, 2.75) is 50.2 Å². The summed E-state index contributed by atoms with van der Waals surface area (Å²) in [6, 6.07) is -2.52. The van der Waals surface area contributed by atoms with Crippen LogP contribution in [-0.4, -0.2) is 191 Å². The Balaban J connectivity index is 3.16. The molecule has 0 aromatic heterocycles. The Kier molecular flexibility index (Phi) is 19.0. The molecule has 0 saturated carbocycles. The fourth-order valence-electron chi connectivity index (χ4n) is 5.21. The first kappa shape index (κ1) is 45.7. The number of nitrogens with zero attached hydrogens (tertiary/aromatic N) is 4. The third-order valence-electron chi connectivity index (χ3n) is 7.77. The molecule has 0 bridgehead atoms. The second kappa shape index (κ2) is 21.2. The van der Waals surface area contributed by atoms with Crippen LogP contribution in [0.15, 0.2) is 0 Å². The highest BCUT2D eigenvalue weighted by molar-refractivity contribution is 7.70. The van der Waals surface area contributed by atoms with E-state index in [1.807, 2.05) is 0 Å². The fraction of sp³-hybridized carbons (Fsp3) is 0.731. The molecule has 0 aromatic rings. The average Bonchev–Trinajstić information content (AvgIpc) is 2.97. The topological polar surface area (TPSA) is 352 Å². The first-order valence-electron chi connectivity index (χ1n) is 15.5. The molecule has 23 nitrogen and oxygen atoms in total. The molecule has 0 radical (unpaired) electrons. The number of carboxylic acids is 4. The molecule has 1 heterocycles. The van der Waals surface area contributed by atoms with Crippen molar-refractivity contribution in [1.29, 1.82) is 0 Å². The number of ketones is 1. The van der Waals surface area contributed by atoms with Gasteiger partial charge < -0.3 is 55.4 Å². The Hall–Kier alpha value is -3.37. The Morgan fingerprint density at radius 3 is 1.29 bits per heavy atom. The van der Waals surface area contributed by atoms with Gasteiger partial charge in [-0.2, -0.15) is 0 Å². The van der Waals surface area contributed by atoms with Crippen LogP contribution in [-0.2, 0) is 42.7 Å². The van der Waals surface area contributed by atoms with E-state index in [0.717, 1.165) is 0 Å². The minimum Gasteiger partial charge on any atom is -0.480 e. The fourth-order valence-corrected chi connectivity index (χ4v) is 7.40. The lowest BCUT2D eigenvalue weighted by atomic mass is 10.1. The first-order valence-corrected chi connectivity index (χ1v) is 18.9. The molecule has 25 heteroatoms. The van der Waals surface area contributed by atoms with Crippen LogP contribution in [0, 0.1) is 0 Å². The van der Waals surface area contributed by atoms with Crippen molar-refractivity contribution in [2.24, 2.45) is 0 Å². The number of Topliss-reactive ketones (excluding diaryl/α,β-unsaturated/α-hetero) is 1. The van der Waals surface area contributed by atoms with Gasteiger partial charge in [-0.1, -0.05) is 0 Å². The lowest BCUT2D eigenvalue weighted by Gasteiger charge is -2.37. The quantitative estimate of drug-likeness (QED) is 0.0564. The molecule has 0 aromatic carbocycles. The zero-order valence-corrected chi connectivity index (χ0v) is 29.6. The molecular formula is C26H46N6O17P2. The van der Waals surface area contributed by atoms with Gasteiger partial charge in [0, 0.05) is 65.2 Å². The van der Waals surface area contributed by atoms with E-state index < -0.39 is 94.5 Å². The Morgan fingerprint density at radius 1 is 0.608 bits per heavy atom. The molecular weight excluding hydrogens is 730 g/mol. The highest BCUT2D eigenvalue weighted by Gasteiger charge is 2.44. The van der Waals surface area contributed by atoms with Crippen LogP contribution < -0.4 is 10.6 Å². The molecule has 1 rings (SSSR count). The zero-order valence-electron chi connectivity index (χ0n) is 27.8. The number of hydrogen-bond acceptors (Lipinski definition) is 13. The average molecular weight is 777 g/mol. The summed E-state index contributed by atoms with van der Waals surface area (Å²) in [6.45, 7) is -0.861. The summed E-state index contributed by atoms with van der Waals surface area (Å²) in [5, 5.41) is 42.5. The Bertz CT molecular complexity index is 1300. The molecule has 1 saturated heterocycles. The second-order valence-corrected chi connectivity index (χ2v) is 15.6. The van der Waals surface area contributed by atoms with Crippen molar-refractivity contribution in [3.05, 3.63) is 0 Å². The van der Waals surface area contributed by atoms with Crippen molar-refractivity contribution in [2.75, 3.05) is 72.0 Å². The van der Waals surface area contributed by atoms with Crippen molar-refractivity contribution in [3.63, 3.8) is 0 Å². The van der Waals surface area contributed by atoms with Gasteiger partial charge in [0.05, 0.1) is 19.6 Å². The zero-order chi connectivity index (χ0) is 39.1. The molecule has 0 spiro atoms. The number of hydrogen-bond donors (Lipinski definition) is 10. The summed E-state index contributed by atoms with van der Waals surface area (Å²) in [5.41, 5.74) is -2.85. The van der Waals surface area contributed by atoms with E-state index in [1.54, 1.807) is 0 Å². The van der Waals surface area contributed by atoms with E-state index in [4.69, 9.17) is 19.6 Å². The van der Waals surface area contributed by atoms with Crippen LogP contribution in [0.25, 0.3) is 0 Å². The maximum atomic E-state index is 12.5. The Labute approximate surface area is 291 Å². The molecule has 0 aliphatic carbocycles. The lowest BCUT2D eigenvalue weighted by molar-refractivity contribution is -0.145. The third kappa shape index (κ3) is 18.1. The first-order chi connectivity index (χ1) is 23.5. The summed E-state index contributed by atoms with van der Waals surface area (Å²) in [6.07, 6.45) is -0.963. The number of nitrogens with one attached hydrogen (secondary N) is 2. The van der Waals surface area contributed by atoms with Crippen molar-refractivity contribution < 1.29 is 82.7 Å². The van der Waals surface area contributed by atoms with Gasteiger partial charge in [0.15, 0.2) is 0 Å². The number of amides is 2.